The Morgan fingerprint density at radius 1 is 0.903 bits per heavy atom. The third-order valence-corrected chi connectivity index (χ3v) is 14.5. The number of phenols is 3. The summed E-state index contributed by atoms with van der Waals surface area (Å²) in [6, 6.07) is 0.568. The number of hydrazone groups is 1. The van der Waals surface area contributed by atoms with E-state index in [-0.39, 0.29) is 62.4 Å². The number of allylic oxidation sites excluding steroid dienone is 2. The van der Waals surface area contributed by atoms with Crippen LogP contribution in [0.1, 0.15) is 95.6 Å². The van der Waals surface area contributed by atoms with Crippen LogP contribution in [0.3, 0.4) is 0 Å². The van der Waals surface area contributed by atoms with Crippen LogP contribution in [0, 0.1) is 30.6 Å². The van der Waals surface area contributed by atoms with E-state index in [0.717, 1.165) is 13.1 Å². The number of aliphatic hydroxyl groups excluding tert-OH is 2. The van der Waals surface area contributed by atoms with Crippen molar-refractivity contribution in [1.82, 2.24) is 9.91 Å². The number of methoxy groups -OCH3 is 1. The van der Waals surface area contributed by atoms with E-state index in [9.17, 15) is 35.1 Å². The van der Waals surface area contributed by atoms with Gasteiger partial charge in [0.25, 0.3) is 11.7 Å². The van der Waals surface area contributed by atoms with Gasteiger partial charge in [0.1, 0.15) is 17.2 Å². The lowest BCUT2D eigenvalue weighted by Gasteiger charge is -2.54. The van der Waals surface area contributed by atoms with Crippen molar-refractivity contribution in [2.24, 2.45) is 28.8 Å². The maximum Gasteiger partial charge on any atom is 0.312 e. The number of aliphatic hydroxyl groups is 2. The molecule has 10 atom stereocenters. The van der Waals surface area contributed by atoms with Crippen LogP contribution in [0.2, 0.25) is 0 Å². The number of aromatic hydroxyl groups is 3. The number of nitrogens with zero attached hydrogens (tertiary/aromatic N) is 3. The molecule has 1 amide bonds. The van der Waals surface area contributed by atoms with E-state index in [2.05, 4.69) is 10.2 Å². The number of ether oxygens (including phenoxy) is 4. The second kappa shape index (κ2) is 17.5. The van der Waals surface area contributed by atoms with E-state index in [1.165, 1.54) is 65.2 Å². The summed E-state index contributed by atoms with van der Waals surface area (Å²) in [6.45, 7) is 16.8. The first-order chi connectivity index (χ1) is 29.3. The van der Waals surface area contributed by atoms with Gasteiger partial charge in [-0.3, -0.25) is 19.5 Å². The number of hydrogen-bond acceptors (Lipinski definition) is 14. The van der Waals surface area contributed by atoms with E-state index >= 15 is 0 Å². The minimum Gasteiger partial charge on any atom is -0.507 e. The number of carbonyl (C=O) groups excluding carboxylic acids is 2. The second-order valence-electron chi connectivity index (χ2n) is 18.4. The zero-order chi connectivity index (χ0) is 45.0. The third kappa shape index (κ3) is 7.95. The van der Waals surface area contributed by atoms with Crippen LogP contribution in [0.25, 0.3) is 10.8 Å². The average molecular weight is 861 g/mol. The smallest absolute Gasteiger partial charge is 0.312 e. The van der Waals surface area contributed by atoms with Crippen LogP contribution in [0.5, 0.6) is 23.0 Å². The molecule has 1 aliphatic carbocycles. The highest BCUT2D eigenvalue weighted by Gasteiger charge is 2.52. The quantitative estimate of drug-likeness (QED) is 0.121. The Kier molecular flexibility index (Phi) is 12.8. The predicted octanol–water partition coefficient (Wildman–Crippen LogP) is 5.87. The van der Waals surface area contributed by atoms with Crippen molar-refractivity contribution in [3.05, 3.63) is 52.8 Å². The summed E-state index contributed by atoms with van der Waals surface area (Å²) in [7, 11) is 1.48. The average Bonchev–Trinajstić information content (AvgIpc) is 3.89. The molecule has 10 rings (SSSR count). The van der Waals surface area contributed by atoms with Crippen LogP contribution < -0.4 is 10.1 Å². The molecule has 3 fully saturated rings. The highest BCUT2D eigenvalue weighted by atomic mass is 16.7. The minimum atomic E-state index is -2.00. The number of piperazine rings is 1. The maximum atomic E-state index is 14.5. The van der Waals surface area contributed by atoms with Crippen molar-refractivity contribution in [1.29, 1.82) is 0 Å². The monoisotopic (exact) mass is 860 g/mol. The Hall–Kier alpha value is -4.67. The molecule has 2 aromatic rings. The Balaban J connectivity index is 1.32. The van der Waals surface area contributed by atoms with Gasteiger partial charge in [-0.15, -0.1) is 0 Å². The molecule has 0 spiro atoms. The molecule has 0 aromatic heterocycles. The Bertz CT molecular complexity index is 2190. The fourth-order valence-electron chi connectivity index (χ4n) is 10.0. The van der Waals surface area contributed by atoms with Crippen molar-refractivity contribution in [2.45, 2.75) is 123 Å². The molecule has 0 unspecified atom stereocenters. The first kappa shape index (κ1) is 45.4. The molecule has 8 aliphatic rings. The molecule has 7 bridgehead atoms. The van der Waals surface area contributed by atoms with Gasteiger partial charge >= 0.3 is 5.79 Å². The first-order valence-electron chi connectivity index (χ1n) is 22.0. The first-order valence-corrected chi connectivity index (χ1v) is 22.0. The maximum absolute atomic E-state index is 14.5. The number of carbonyl (C=O) groups is 2. The van der Waals surface area contributed by atoms with Gasteiger partial charge < -0.3 is 49.8 Å². The molecule has 6 N–H and O–H groups in total. The molecule has 2 saturated heterocycles. The Morgan fingerprint density at radius 3 is 2.21 bits per heavy atom. The molecule has 338 valence electrons. The molecule has 0 radical (unpaired) electrons. The molecule has 7 heterocycles. The second-order valence-corrected chi connectivity index (χ2v) is 18.4. The van der Waals surface area contributed by atoms with E-state index < -0.39 is 70.5 Å². The Labute approximate surface area is 363 Å². The van der Waals surface area contributed by atoms with Gasteiger partial charge in [-0.05, 0) is 39.7 Å². The van der Waals surface area contributed by atoms with E-state index in [1.54, 1.807) is 32.9 Å². The topological polar surface area (TPSA) is 203 Å². The SMILES string of the molecule is CO[C@H]1/C=C/O[C@@]2(C)Oc3c(C)c(O)c4c(O)c(c(/C=N/N5CCN(C6CCCC6)CC5)c(O)c4c3C2=O)NC(=O)/C(C)=C\C=C\[C@]2(C)O[C@H]([C@@H](C)[C@@H](O)[C@@H](C)[C@H](O)[C@@H]1C)[C@H]2C. The molecule has 2 aromatic carbocycles. The third-order valence-electron chi connectivity index (χ3n) is 14.5. The van der Waals surface area contributed by atoms with Gasteiger partial charge in [0.2, 0.25) is 0 Å². The summed E-state index contributed by atoms with van der Waals surface area (Å²) in [5, 5.41) is 67.8. The highest BCUT2D eigenvalue weighted by molar-refractivity contribution is 6.23. The fourth-order valence-corrected chi connectivity index (χ4v) is 10.0. The number of phenolic OH excluding ortho intramolecular Hbond substituents is 3. The van der Waals surface area contributed by atoms with Crippen molar-refractivity contribution < 1.29 is 54.1 Å². The van der Waals surface area contributed by atoms with Gasteiger partial charge in [0.15, 0.2) is 5.75 Å². The summed E-state index contributed by atoms with van der Waals surface area (Å²) in [6.07, 6.45) is 11.2. The molecule has 15 nitrogen and oxygen atoms in total. The van der Waals surface area contributed by atoms with E-state index in [0.29, 0.717) is 19.1 Å². The summed E-state index contributed by atoms with van der Waals surface area (Å²) in [5.74, 6) is -6.46. The van der Waals surface area contributed by atoms with Crippen molar-refractivity contribution >= 4 is 34.4 Å². The van der Waals surface area contributed by atoms with Crippen LogP contribution in [0.15, 0.2) is 41.2 Å². The van der Waals surface area contributed by atoms with Crippen molar-refractivity contribution in [3.63, 3.8) is 0 Å². The lowest BCUT2D eigenvalue weighted by Crippen LogP contribution is -2.60. The molecule has 15 heteroatoms. The number of benzene rings is 2. The highest BCUT2D eigenvalue weighted by Crippen LogP contribution is 2.55. The van der Waals surface area contributed by atoms with Crippen LogP contribution in [-0.4, -0.2) is 128 Å². The van der Waals surface area contributed by atoms with Gasteiger partial charge in [-0.25, -0.2) is 0 Å². The van der Waals surface area contributed by atoms with E-state index in [4.69, 9.17) is 24.0 Å². The van der Waals surface area contributed by atoms with E-state index in [1.807, 2.05) is 31.9 Å². The fraction of sp³-hybridized carbons (Fsp3) is 0.596. The van der Waals surface area contributed by atoms with Gasteiger partial charge in [0.05, 0.1) is 64.7 Å². The van der Waals surface area contributed by atoms with Gasteiger partial charge in [0, 0.05) is 86.4 Å². The predicted molar refractivity (Wildman–Crippen MR) is 235 cm³/mol. The van der Waals surface area contributed by atoms with Crippen molar-refractivity contribution in [2.75, 3.05) is 38.6 Å². The molecular formula is C47H64N4O11. The van der Waals surface area contributed by atoms with Crippen LogP contribution in [-0.2, 0) is 19.0 Å². The normalized spacial score (nSPS) is 35.9. The standard InChI is InChI=1S/C47H64N4O11/c1-24-13-12-17-46(7)29(6)42(61-46)27(4)38(53)26(3)37(52)25(2)32(59-9)16-22-60-47(8)44(57)35-33-34(39(54)28(5)43(35)62-47)41(56)36(49-45(24)58)31(40(33)55)23-48-51-20-18-50(19-21-51)30-14-10-11-15-30/h12-13,16-17,22-23,25-27,29-30,32,37-38,42,52-56H,10-11,14-15,18-21H2,1-9H3,(H,49,58)/b17-12+,22-16+,24-13-,48-23+/t25-,26+,27+,29-,32+,37-,38+,42-,46+,47+/m1/s1. The number of ketones is 1. The summed E-state index contributed by atoms with van der Waals surface area (Å²) in [5.41, 5.74) is -0.814. The van der Waals surface area contributed by atoms with Crippen molar-refractivity contribution in [3.8, 4) is 23.0 Å². The number of hydrogen-bond donors (Lipinski definition) is 6. The molecule has 7 aliphatic heterocycles. The zero-order valence-electron chi connectivity index (χ0n) is 37.3. The lowest BCUT2D eigenvalue weighted by atomic mass is 9.70. The number of rotatable bonds is 4. The summed E-state index contributed by atoms with van der Waals surface area (Å²) in [4.78, 5) is 30.9. The molecular weight excluding hydrogens is 797 g/mol. The molecule has 62 heavy (non-hydrogen) atoms. The number of anilines is 1. The van der Waals surface area contributed by atoms with Gasteiger partial charge in [-0.2, -0.15) is 5.10 Å². The van der Waals surface area contributed by atoms with Crippen LogP contribution in [0.4, 0.5) is 5.69 Å². The zero-order valence-corrected chi connectivity index (χ0v) is 37.3. The Morgan fingerprint density at radius 2 is 1.56 bits per heavy atom. The number of Topliss-reactive ketones (excluding diaryl/α,β-unsaturated/α-hetero) is 1. The number of amides is 1. The molecule has 1 saturated carbocycles. The largest absolute Gasteiger partial charge is 0.507 e. The summed E-state index contributed by atoms with van der Waals surface area (Å²) >= 11 is 0. The van der Waals surface area contributed by atoms with Crippen LogP contribution >= 0.6 is 0 Å². The number of nitrogens with one attached hydrogen (secondary N) is 1. The summed E-state index contributed by atoms with van der Waals surface area (Å²) < 4.78 is 24.3. The van der Waals surface area contributed by atoms with Gasteiger partial charge in [-0.1, -0.05) is 58.8 Å². The lowest BCUT2D eigenvalue weighted by molar-refractivity contribution is -0.251. The minimum absolute atomic E-state index is 0.0293.